The first-order chi connectivity index (χ1) is 13.1. The molecule has 0 saturated carbocycles. The SMILES string of the molecule is CC(C1=C(CCN(C)C)Cc2ccccc21)c1ncc(-c2ccccc2)s1. The lowest BCUT2D eigenvalue weighted by Gasteiger charge is -2.16. The van der Waals surface area contributed by atoms with Gasteiger partial charge in [-0.1, -0.05) is 67.1 Å². The highest BCUT2D eigenvalue weighted by atomic mass is 32.1. The zero-order chi connectivity index (χ0) is 18.8. The van der Waals surface area contributed by atoms with Gasteiger partial charge in [0.15, 0.2) is 0 Å². The number of fused-ring (bicyclic) bond motifs is 1. The number of aromatic nitrogens is 1. The van der Waals surface area contributed by atoms with Crippen LogP contribution >= 0.6 is 11.3 Å². The first-order valence-corrected chi connectivity index (χ1v) is 10.4. The van der Waals surface area contributed by atoms with Crippen molar-refractivity contribution in [1.82, 2.24) is 9.88 Å². The number of rotatable bonds is 6. The van der Waals surface area contributed by atoms with Crippen LogP contribution in [-0.4, -0.2) is 30.5 Å². The third-order valence-corrected chi connectivity index (χ3v) is 6.57. The molecule has 0 N–H and O–H groups in total. The van der Waals surface area contributed by atoms with Crippen LogP contribution in [0.3, 0.4) is 0 Å². The monoisotopic (exact) mass is 374 g/mol. The van der Waals surface area contributed by atoms with E-state index in [2.05, 4.69) is 80.5 Å². The van der Waals surface area contributed by atoms with Crippen molar-refractivity contribution >= 4 is 16.9 Å². The van der Waals surface area contributed by atoms with E-state index < -0.39 is 0 Å². The molecule has 0 amide bonds. The van der Waals surface area contributed by atoms with Gasteiger partial charge >= 0.3 is 0 Å². The minimum absolute atomic E-state index is 0.327. The van der Waals surface area contributed by atoms with Gasteiger partial charge in [0.25, 0.3) is 0 Å². The second-order valence-electron chi connectivity index (χ2n) is 7.55. The third-order valence-electron chi connectivity index (χ3n) is 5.34. The van der Waals surface area contributed by atoms with Crippen molar-refractivity contribution in [2.75, 3.05) is 20.6 Å². The maximum Gasteiger partial charge on any atom is 0.100 e. The lowest BCUT2D eigenvalue weighted by atomic mass is 9.93. The Morgan fingerprint density at radius 2 is 1.78 bits per heavy atom. The Bertz CT molecular complexity index is 953. The van der Waals surface area contributed by atoms with Crippen LogP contribution in [0.1, 0.15) is 35.4 Å². The first kappa shape index (κ1) is 18.1. The molecular formula is C24H26N2S. The molecule has 0 fully saturated rings. The largest absolute Gasteiger partial charge is 0.309 e. The van der Waals surface area contributed by atoms with Crippen molar-refractivity contribution in [3.05, 3.63) is 82.5 Å². The number of hydrogen-bond donors (Lipinski definition) is 0. The summed E-state index contributed by atoms with van der Waals surface area (Å²) in [5, 5.41) is 1.21. The average Bonchev–Trinajstić information content (AvgIpc) is 3.31. The summed E-state index contributed by atoms with van der Waals surface area (Å²) < 4.78 is 0. The molecule has 1 unspecified atom stereocenters. The van der Waals surface area contributed by atoms with Gasteiger partial charge in [-0.2, -0.15) is 0 Å². The molecule has 138 valence electrons. The van der Waals surface area contributed by atoms with Gasteiger partial charge in [0.2, 0.25) is 0 Å². The van der Waals surface area contributed by atoms with Crippen molar-refractivity contribution in [3.8, 4) is 10.4 Å². The summed E-state index contributed by atoms with van der Waals surface area (Å²) in [5.74, 6) is 0.327. The summed E-state index contributed by atoms with van der Waals surface area (Å²) in [6.45, 7) is 3.41. The summed E-state index contributed by atoms with van der Waals surface area (Å²) in [7, 11) is 4.30. The first-order valence-electron chi connectivity index (χ1n) is 9.59. The maximum absolute atomic E-state index is 4.81. The predicted octanol–water partition coefficient (Wildman–Crippen LogP) is 5.88. The summed E-state index contributed by atoms with van der Waals surface area (Å²) in [5.41, 5.74) is 7.22. The van der Waals surface area contributed by atoms with Crippen LogP contribution in [0.5, 0.6) is 0 Å². The molecule has 1 aromatic heterocycles. The highest BCUT2D eigenvalue weighted by Gasteiger charge is 2.27. The molecule has 1 heterocycles. The molecule has 3 aromatic rings. The van der Waals surface area contributed by atoms with Crippen LogP contribution in [0.4, 0.5) is 0 Å². The molecule has 1 aliphatic carbocycles. The van der Waals surface area contributed by atoms with Gasteiger partial charge in [-0.25, -0.2) is 4.98 Å². The average molecular weight is 375 g/mol. The zero-order valence-electron chi connectivity index (χ0n) is 16.3. The molecule has 0 aliphatic heterocycles. The van der Waals surface area contributed by atoms with Crippen LogP contribution in [0.25, 0.3) is 16.0 Å². The maximum atomic E-state index is 4.81. The number of benzene rings is 2. The van der Waals surface area contributed by atoms with Gasteiger partial charge in [0, 0.05) is 18.7 Å². The highest BCUT2D eigenvalue weighted by molar-refractivity contribution is 7.15. The van der Waals surface area contributed by atoms with Crippen molar-refractivity contribution < 1.29 is 0 Å². The zero-order valence-corrected chi connectivity index (χ0v) is 17.1. The Hall–Kier alpha value is -2.23. The molecule has 3 heteroatoms. The van der Waals surface area contributed by atoms with Crippen molar-refractivity contribution in [3.63, 3.8) is 0 Å². The summed E-state index contributed by atoms with van der Waals surface area (Å²) >= 11 is 1.83. The van der Waals surface area contributed by atoms with E-state index in [1.165, 1.54) is 32.1 Å². The molecule has 4 rings (SSSR count). The van der Waals surface area contributed by atoms with Crippen molar-refractivity contribution in [2.24, 2.45) is 0 Å². The number of hydrogen-bond acceptors (Lipinski definition) is 3. The Morgan fingerprint density at radius 1 is 1.04 bits per heavy atom. The molecule has 1 atom stereocenters. The van der Waals surface area contributed by atoms with Crippen molar-refractivity contribution in [2.45, 2.75) is 25.7 Å². The fourth-order valence-electron chi connectivity index (χ4n) is 3.92. The minimum Gasteiger partial charge on any atom is -0.309 e. The van der Waals surface area contributed by atoms with Crippen LogP contribution in [-0.2, 0) is 6.42 Å². The van der Waals surface area contributed by atoms with E-state index in [0.717, 1.165) is 19.4 Å². The minimum atomic E-state index is 0.327. The molecule has 0 spiro atoms. The fraction of sp³-hybridized carbons (Fsp3) is 0.292. The van der Waals surface area contributed by atoms with Gasteiger partial charge in [0.05, 0.1) is 4.88 Å². The Morgan fingerprint density at radius 3 is 2.56 bits per heavy atom. The number of nitrogens with zero attached hydrogens (tertiary/aromatic N) is 2. The molecule has 0 radical (unpaired) electrons. The van der Waals surface area contributed by atoms with Gasteiger partial charge in [0.1, 0.15) is 5.01 Å². The Labute approximate surface area is 166 Å². The molecular weight excluding hydrogens is 348 g/mol. The second-order valence-corrected chi connectivity index (χ2v) is 8.62. The van der Waals surface area contributed by atoms with Gasteiger partial charge < -0.3 is 4.90 Å². The van der Waals surface area contributed by atoms with E-state index in [-0.39, 0.29) is 0 Å². The summed E-state index contributed by atoms with van der Waals surface area (Å²) in [4.78, 5) is 8.34. The van der Waals surface area contributed by atoms with Gasteiger partial charge in [-0.3, -0.25) is 0 Å². The van der Waals surface area contributed by atoms with E-state index in [0.29, 0.717) is 5.92 Å². The summed E-state index contributed by atoms with van der Waals surface area (Å²) in [6, 6.07) is 19.5. The quantitative estimate of drug-likeness (QED) is 0.536. The second kappa shape index (κ2) is 7.79. The van der Waals surface area contributed by atoms with E-state index in [9.17, 15) is 0 Å². The number of allylic oxidation sites excluding steroid dienone is 1. The van der Waals surface area contributed by atoms with Crippen LogP contribution in [0, 0.1) is 0 Å². The van der Waals surface area contributed by atoms with Gasteiger partial charge in [-0.15, -0.1) is 11.3 Å². The molecule has 2 nitrogen and oxygen atoms in total. The van der Waals surface area contributed by atoms with E-state index in [4.69, 9.17) is 4.98 Å². The van der Waals surface area contributed by atoms with Gasteiger partial charge in [-0.05, 0) is 49.2 Å². The standard InChI is InChI=1S/C24H26N2S/c1-17(24-25-16-22(27-24)18-9-5-4-6-10-18)23-20(13-14-26(2)3)15-19-11-7-8-12-21(19)23/h4-12,16-17H,13-15H2,1-3H3. The fourth-order valence-corrected chi connectivity index (χ4v) is 4.91. The van der Waals surface area contributed by atoms with E-state index >= 15 is 0 Å². The lowest BCUT2D eigenvalue weighted by Crippen LogP contribution is -2.14. The smallest absolute Gasteiger partial charge is 0.100 e. The predicted molar refractivity (Wildman–Crippen MR) is 116 cm³/mol. The topological polar surface area (TPSA) is 16.1 Å². The third kappa shape index (κ3) is 3.76. The molecule has 2 aromatic carbocycles. The Balaban J connectivity index is 1.68. The van der Waals surface area contributed by atoms with Crippen LogP contribution in [0.15, 0.2) is 66.4 Å². The Kier molecular flexibility index (Phi) is 5.24. The van der Waals surface area contributed by atoms with Crippen LogP contribution < -0.4 is 0 Å². The molecule has 0 bridgehead atoms. The van der Waals surface area contributed by atoms with E-state index in [1.807, 2.05) is 17.5 Å². The normalized spacial score (nSPS) is 14.7. The number of thiazole rings is 1. The van der Waals surface area contributed by atoms with E-state index in [1.54, 1.807) is 5.57 Å². The molecule has 0 saturated heterocycles. The molecule has 1 aliphatic rings. The summed E-state index contributed by atoms with van der Waals surface area (Å²) in [6.07, 6.45) is 4.24. The molecule has 27 heavy (non-hydrogen) atoms. The highest BCUT2D eigenvalue weighted by Crippen LogP contribution is 2.44. The van der Waals surface area contributed by atoms with Crippen molar-refractivity contribution in [1.29, 1.82) is 0 Å². The lowest BCUT2D eigenvalue weighted by molar-refractivity contribution is 0.412. The van der Waals surface area contributed by atoms with Crippen LogP contribution in [0.2, 0.25) is 0 Å².